The number of nitrogens with zero attached hydrogens (tertiary/aromatic N) is 2. The standard InChI is InChI=1S/C20H21Cl2N3O3/c1-13-2-5-18(23-11-13)24-20(27)14-6-8-25(9-7-14)19(26)12-28-17-10-15(21)3-4-16(17)22/h2-5,10-11,14H,6-9,12H2,1H3,(H,23,24,27). The van der Waals surface area contributed by atoms with Gasteiger partial charge in [-0.1, -0.05) is 29.3 Å². The maximum Gasteiger partial charge on any atom is 0.260 e. The minimum Gasteiger partial charge on any atom is -0.482 e. The summed E-state index contributed by atoms with van der Waals surface area (Å²) in [6.07, 6.45) is 2.91. The van der Waals surface area contributed by atoms with E-state index in [1.807, 2.05) is 13.0 Å². The third kappa shape index (κ3) is 5.36. The second-order valence-electron chi connectivity index (χ2n) is 6.73. The van der Waals surface area contributed by atoms with Crippen LogP contribution in [0.5, 0.6) is 5.75 Å². The molecule has 0 aliphatic carbocycles. The van der Waals surface area contributed by atoms with Crippen molar-refractivity contribution in [2.75, 3.05) is 25.0 Å². The molecule has 28 heavy (non-hydrogen) atoms. The largest absolute Gasteiger partial charge is 0.482 e. The smallest absolute Gasteiger partial charge is 0.260 e. The van der Waals surface area contributed by atoms with Crippen molar-refractivity contribution >= 4 is 40.8 Å². The van der Waals surface area contributed by atoms with Crippen molar-refractivity contribution in [1.29, 1.82) is 0 Å². The molecular weight excluding hydrogens is 401 g/mol. The van der Waals surface area contributed by atoms with Gasteiger partial charge in [-0.25, -0.2) is 4.98 Å². The van der Waals surface area contributed by atoms with Gasteiger partial charge in [-0.3, -0.25) is 9.59 Å². The molecule has 6 nitrogen and oxygen atoms in total. The molecule has 0 radical (unpaired) electrons. The number of amides is 2. The van der Waals surface area contributed by atoms with Gasteiger partial charge in [-0.2, -0.15) is 0 Å². The Kier molecular flexibility index (Phi) is 6.75. The number of halogens is 2. The van der Waals surface area contributed by atoms with Gasteiger partial charge < -0.3 is 15.0 Å². The van der Waals surface area contributed by atoms with Crippen LogP contribution < -0.4 is 10.1 Å². The molecule has 1 aromatic heterocycles. The Morgan fingerprint density at radius 2 is 1.96 bits per heavy atom. The fourth-order valence-corrected chi connectivity index (χ4v) is 3.31. The van der Waals surface area contributed by atoms with Gasteiger partial charge in [0.2, 0.25) is 5.91 Å². The third-order valence-corrected chi connectivity index (χ3v) is 5.17. The molecule has 1 N–H and O–H groups in total. The highest BCUT2D eigenvalue weighted by atomic mass is 35.5. The van der Waals surface area contributed by atoms with E-state index in [1.54, 1.807) is 35.4 Å². The van der Waals surface area contributed by atoms with E-state index in [9.17, 15) is 9.59 Å². The molecule has 148 valence electrons. The Morgan fingerprint density at radius 1 is 1.21 bits per heavy atom. The maximum absolute atomic E-state index is 12.4. The van der Waals surface area contributed by atoms with E-state index in [0.717, 1.165) is 5.56 Å². The highest BCUT2D eigenvalue weighted by molar-refractivity contribution is 6.34. The SMILES string of the molecule is Cc1ccc(NC(=O)C2CCN(C(=O)COc3cc(Cl)ccc3Cl)CC2)nc1. The molecule has 0 bridgehead atoms. The number of piperidine rings is 1. The molecule has 1 saturated heterocycles. The van der Waals surface area contributed by atoms with Gasteiger partial charge in [0, 0.05) is 36.3 Å². The number of carbonyl (C=O) groups is 2. The topological polar surface area (TPSA) is 71.5 Å². The fourth-order valence-electron chi connectivity index (χ4n) is 2.98. The number of aryl methyl sites for hydroxylation is 1. The van der Waals surface area contributed by atoms with Gasteiger partial charge >= 0.3 is 0 Å². The quantitative estimate of drug-likeness (QED) is 0.792. The number of hydrogen-bond acceptors (Lipinski definition) is 4. The Morgan fingerprint density at radius 3 is 2.64 bits per heavy atom. The van der Waals surface area contributed by atoms with Crippen LogP contribution in [0.4, 0.5) is 5.82 Å². The summed E-state index contributed by atoms with van der Waals surface area (Å²) in [7, 11) is 0. The molecule has 0 saturated carbocycles. The first-order chi connectivity index (χ1) is 13.4. The average Bonchev–Trinajstić information content (AvgIpc) is 2.70. The van der Waals surface area contributed by atoms with Crippen molar-refractivity contribution in [3.8, 4) is 5.75 Å². The van der Waals surface area contributed by atoms with E-state index in [-0.39, 0.29) is 24.3 Å². The first kappa shape index (κ1) is 20.4. The molecule has 2 heterocycles. The first-order valence-electron chi connectivity index (χ1n) is 9.01. The lowest BCUT2D eigenvalue weighted by atomic mass is 9.96. The van der Waals surface area contributed by atoms with Crippen molar-refractivity contribution < 1.29 is 14.3 Å². The summed E-state index contributed by atoms with van der Waals surface area (Å²) < 4.78 is 5.50. The zero-order valence-corrected chi connectivity index (χ0v) is 17.0. The predicted molar refractivity (Wildman–Crippen MR) is 109 cm³/mol. The molecule has 1 fully saturated rings. The summed E-state index contributed by atoms with van der Waals surface area (Å²) >= 11 is 12.0. The number of hydrogen-bond donors (Lipinski definition) is 1. The van der Waals surface area contributed by atoms with Crippen LogP contribution in [-0.2, 0) is 9.59 Å². The summed E-state index contributed by atoms with van der Waals surface area (Å²) in [5.74, 6) is 0.569. The van der Waals surface area contributed by atoms with Gasteiger partial charge in [0.25, 0.3) is 5.91 Å². The molecule has 2 amide bonds. The van der Waals surface area contributed by atoms with Gasteiger partial charge in [0.1, 0.15) is 11.6 Å². The highest BCUT2D eigenvalue weighted by Gasteiger charge is 2.27. The second-order valence-corrected chi connectivity index (χ2v) is 7.57. The predicted octanol–water partition coefficient (Wildman–Crippen LogP) is 3.95. The van der Waals surface area contributed by atoms with Crippen molar-refractivity contribution in [3.05, 3.63) is 52.1 Å². The van der Waals surface area contributed by atoms with Crippen molar-refractivity contribution in [3.63, 3.8) is 0 Å². The van der Waals surface area contributed by atoms with Crippen LogP contribution in [-0.4, -0.2) is 41.4 Å². The van der Waals surface area contributed by atoms with E-state index in [4.69, 9.17) is 27.9 Å². The summed E-state index contributed by atoms with van der Waals surface area (Å²) in [5.41, 5.74) is 1.03. The van der Waals surface area contributed by atoms with Gasteiger partial charge in [-0.15, -0.1) is 0 Å². The van der Waals surface area contributed by atoms with Crippen molar-refractivity contribution in [2.45, 2.75) is 19.8 Å². The summed E-state index contributed by atoms with van der Waals surface area (Å²) in [6.45, 7) is 2.83. The maximum atomic E-state index is 12.4. The molecule has 1 aromatic carbocycles. The summed E-state index contributed by atoms with van der Waals surface area (Å²) in [4.78, 5) is 30.7. The van der Waals surface area contributed by atoms with Gasteiger partial charge in [0.05, 0.1) is 5.02 Å². The molecule has 3 rings (SSSR count). The first-order valence-corrected chi connectivity index (χ1v) is 9.77. The van der Waals surface area contributed by atoms with Crippen LogP contribution in [0.15, 0.2) is 36.5 Å². The van der Waals surface area contributed by atoms with E-state index in [0.29, 0.717) is 47.5 Å². The Hall–Kier alpha value is -2.31. The number of ether oxygens (including phenoxy) is 1. The number of anilines is 1. The van der Waals surface area contributed by atoms with Gasteiger partial charge in [-0.05, 0) is 43.5 Å². The number of benzene rings is 1. The van der Waals surface area contributed by atoms with Crippen molar-refractivity contribution in [1.82, 2.24) is 9.88 Å². The zero-order valence-electron chi connectivity index (χ0n) is 15.5. The van der Waals surface area contributed by atoms with Crippen LogP contribution in [0.2, 0.25) is 10.0 Å². The summed E-state index contributed by atoms with van der Waals surface area (Å²) in [6, 6.07) is 8.53. The molecule has 0 unspecified atom stereocenters. The second kappa shape index (κ2) is 9.26. The van der Waals surface area contributed by atoms with Crippen LogP contribution in [0.1, 0.15) is 18.4 Å². The van der Waals surface area contributed by atoms with E-state index >= 15 is 0 Å². The minimum absolute atomic E-state index is 0.0644. The number of pyridine rings is 1. The number of nitrogens with one attached hydrogen (secondary N) is 1. The third-order valence-electron chi connectivity index (χ3n) is 4.63. The molecule has 0 spiro atoms. The number of aromatic nitrogens is 1. The Balaban J connectivity index is 1.46. The summed E-state index contributed by atoms with van der Waals surface area (Å²) in [5, 5.41) is 3.72. The average molecular weight is 422 g/mol. The fraction of sp³-hybridized carbons (Fsp3) is 0.350. The number of likely N-dealkylation sites (tertiary alicyclic amines) is 1. The van der Waals surface area contributed by atoms with Crippen LogP contribution in [0.3, 0.4) is 0 Å². The molecule has 0 atom stereocenters. The number of carbonyl (C=O) groups excluding carboxylic acids is 2. The lowest BCUT2D eigenvalue weighted by Crippen LogP contribution is -2.43. The minimum atomic E-state index is -0.143. The molecule has 8 heteroatoms. The van der Waals surface area contributed by atoms with Crippen LogP contribution >= 0.6 is 23.2 Å². The highest BCUT2D eigenvalue weighted by Crippen LogP contribution is 2.28. The molecule has 2 aromatic rings. The van der Waals surface area contributed by atoms with Gasteiger partial charge in [0.15, 0.2) is 6.61 Å². The Labute approximate surface area is 173 Å². The molecular formula is C20H21Cl2N3O3. The van der Waals surface area contributed by atoms with E-state index < -0.39 is 0 Å². The lowest BCUT2D eigenvalue weighted by Gasteiger charge is -2.31. The monoisotopic (exact) mass is 421 g/mol. The molecule has 1 aliphatic rings. The number of rotatable bonds is 5. The van der Waals surface area contributed by atoms with Crippen LogP contribution in [0.25, 0.3) is 0 Å². The normalized spacial score (nSPS) is 14.6. The Bertz CT molecular complexity index is 850. The zero-order chi connectivity index (χ0) is 20.1. The van der Waals surface area contributed by atoms with E-state index in [1.165, 1.54) is 0 Å². The van der Waals surface area contributed by atoms with Crippen LogP contribution in [0, 0.1) is 12.8 Å². The van der Waals surface area contributed by atoms with Crippen molar-refractivity contribution in [2.24, 2.45) is 5.92 Å². The lowest BCUT2D eigenvalue weighted by molar-refractivity contribution is -0.136. The van der Waals surface area contributed by atoms with E-state index in [2.05, 4.69) is 10.3 Å². The molecule has 1 aliphatic heterocycles.